The SMILES string of the molecule is CCCCCCCCCCCCCCCCOC[C@H](COP(=O)([O-])OCC[N+](C)(C)C)OCCCCCCC(=O)O. The molecule has 0 spiro atoms. The van der Waals surface area contributed by atoms with Gasteiger partial charge in [-0.2, -0.15) is 0 Å². The number of unbranched alkanes of at least 4 members (excludes halogenated alkanes) is 16. The van der Waals surface area contributed by atoms with Crippen molar-refractivity contribution in [3.8, 4) is 0 Å². The van der Waals surface area contributed by atoms with Gasteiger partial charge >= 0.3 is 5.97 Å². The smallest absolute Gasteiger partial charge is 0.303 e. The molecule has 0 saturated heterocycles. The molecule has 0 aliphatic heterocycles. The van der Waals surface area contributed by atoms with Crippen molar-refractivity contribution < 1.29 is 42.4 Å². The van der Waals surface area contributed by atoms with Gasteiger partial charge in [0.15, 0.2) is 0 Å². The van der Waals surface area contributed by atoms with Crippen molar-refractivity contribution in [1.82, 2.24) is 0 Å². The molecule has 0 heterocycles. The summed E-state index contributed by atoms with van der Waals surface area (Å²) in [4.78, 5) is 22.8. The Morgan fingerprint density at radius 2 is 1.20 bits per heavy atom. The molecule has 0 bridgehead atoms. The van der Waals surface area contributed by atoms with Crippen molar-refractivity contribution in [3.05, 3.63) is 0 Å². The molecule has 0 saturated carbocycles. The zero-order chi connectivity index (χ0) is 30.7. The van der Waals surface area contributed by atoms with E-state index in [4.69, 9.17) is 23.6 Å². The third kappa shape index (κ3) is 32.2. The van der Waals surface area contributed by atoms with E-state index in [9.17, 15) is 14.3 Å². The molecule has 0 aliphatic rings. The van der Waals surface area contributed by atoms with E-state index in [1.165, 1.54) is 77.0 Å². The molecule has 0 aliphatic carbocycles. The number of phosphoric ester groups is 1. The average molecular weight is 610 g/mol. The second-order valence-electron chi connectivity index (χ2n) is 12.3. The number of carbonyl (C=O) groups is 1. The van der Waals surface area contributed by atoms with Crippen molar-refractivity contribution >= 4 is 13.8 Å². The molecule has 0 radical (unpaired) electrons. The summed E-state index contributed by atoms with van der Waals surface area (Å²) in [6, 6.07) is 0. The second-order valence-corrected chi connectivity index (χ2v) is 13.7. The topological polar surface area (TPSA) is 114 Å². The van der Waals surface area contributed by atoms with Gasteiger partial charge in [0.1, 0.15) is 19.3 Å². The molecule has 1 unspecified atom stereocenters. The minimum absolute atomic E-state index is 0.0573. The highest BCUT2D eigenvalue weighted by Crippen LogP contribution is 2.38. The van der Waals surface area contributed by atoms with Crippen LogP contribution in [-0.2, 0) is 27.9 Å². The van der Waals surface area contributed by atoms with Crippen molar-refractivity contribution in [2.45, 2.75) is 135 Å². The van der Waals surface area contributed by atoms with E-state index in [1.54, 1.807) is 0 Å². The molecule has 0 rings (SSSR count). The van der Waals surface area contributed by atoms with E-state index in [-0.39, 0.29) is 26.2 Å². The molecule has 0 aromatic heterocycles. The lowest BCUT2D eigenvalue weighted by Crippen LogP contribution is -2.37. The average Bonchev–Trinajstić information content (AvgIpc) is 2.89. The van der Waals surface area contributed by atoms with Crippen molar-refractivity contribution in [1.29, 1.82) is 0 Å². The number of rotatable bonds is 32. The standard InChI is InChI=1S/C31H64NO8P/c1-5-6-7-8-9-10-11-12-13-14-15-16-18-21-25-37-28-30(38-26-22-19-17-20-23-31(33)34)29-40-41(35,36)39-27-24-32(2,3)4/h30H,5-29H2,1-4H3,(H-,33,34,35,36)/t30-/m1/s1. The van der Waals surface area contributed by atoms with Crippen LogP contribution < -0.4 is 4.89 Å². The van der Waals surface area contributed by atoms with Crippen molar-refractivity contribution in [2.24, 2.45) is 0 Å². The number of hydrogen-bond donors (Lipinski definition) is 1. The van der Waals surface area contributed by atoms with Gasteiger partial charge in [-0.15, -0.1) is 0 Å². The fraction of sp³-hybridized carbons (Fsp3) is 0.968. The van der Waals surface area contributed by atoms with Crippen LogP contribution in [-0.4, -0.2) is 82.4 Å². The highest BCUT2D eigenvalue weighted by Gasteiger charge is 2.18. The lowest BCUT2D eigenvalue weighted by atomic mass is 10.0. The first kappa shape index (κ1) is 40.5. The van der Waals surface area contributed by atoms with Gasteiger partial charge in [-0.3, -0.25) is 9.36 Å². The normalized spacial score (nSPS) is 14.3. The number of carboxylic acid groups (broad SMARTS) is 1. The van der Waals surface area contributed by atoms with Crippen molar-refractivity contribution in [2.75, 3.05) is 60.7 Å². The third-order valence-corrected chi connectivity index (χ3v) is 7.98. The van der Waals surface area contributed by atoms with Crippen LogP contribution in [0.2, 0.25) is 0 Å². The van der Waals surface area contributed by atoms with Crippen LogP contribution in [0.5, 0.6) is 0 Å². The largest absolute Gasteiger partial charge is 0.756 e. The maximum absolute atomic E-state index is 12.2. The van der Waals surface area contributed by atoms with Gasteiger partial charge in [0.05, 0.1) is 34.4 Å². The lowest BCUT2D eigenvalue weighted by molar-refractivity contribution is -0.870. The summed E-state index contributed by atoms with van der Waals surface area (Å²) in [5, 5.41) is 8.73. The van der Waals surface area contributed by atoms with E-state index in [1.807, 2.05) is 21.1 Å². The summed E-state index contributed by atoms with van der Waals surface area (Å²) in [6.07, 6.45) is 21.0. The maximum atomic E-state index is 12.2. The van der Waals surface area contributed by atoms with Gasteiger partial charge in [-0.1, -0.05) is 103 Å². The predicted octanol–water partition coefficient (Wildman–Crippen LogP) is 7.11. The number of nitrogens with zero attached hydrogens (tertiary/aromatic N) is 1. The Kier molecular flexibility index (Phi) is 26.7. The molecule has 0 aromatic rings. The molecule has 2 atom stereocenters. The van der Waals surface area contributed by atoms with E-state index in [0.29, 0.717) is 30.7 Å². The summed E-state index contributed by atoms with van der Waals surface area (Å²) >= 11 is 0. The van der Waals surface area contributed by atoms with Crippen LogP contribution in [0.3, 0.4) is 0 Å². The van der Waals surface area contributed by atoms with Crippen LogP contribution in [0.1, 0.15) is 129 Å². The minimum Gasteiger partial charge on any atom is -0.756 e. The Morgan fingerprint density at radius 3 is 1.71 bits per heavy atom. The van der Waals surface area contributed by atoms with Crippen molar-refractivity contribution in [3.63, 3.8) is 0 Å². The maximum Gasteiger partial charge on any atom is 0.303 e. The third-order valence-electron chi connectivity index (χ3n) is 7.01. The Labute approximate surface area is 251 Å². The molecule has 1 N–H and O–H groups in total. The van der Waals surface area contributed by atoms with Gasteiger partial charge in [0.25, 0.3) is 7.82 Å². The van der Waals surface area contributed by atoms with E-state index in [0.717, 1.165) is 32.1 Å². The summed E-state index contributed by atoms with van der Waals surface area (Å²) in [5.41, 5.74) is 0. The second kappa shape index (κ2) is 27.0. The molecule has 0 fully saturated rings. The van der Waals surface area contributed by atoms with Crippen LogP contribution in [0.25, 0.3) is 0 Å². The fourth-order valence-electron chi connectivity index (χ4n) is 4.38. The van der Waals surface area contributed by atoms with E-state index < -0.39 is 19.9 Å². The highest BCUT2D eigenvalue weighted by molar-refractivity contribution is 7.45. The van der Waals surface area contributed by atoms with Crippen LogP contribution in [0.4, 0.5) is 0 Å². The summed E-state index contributed by atoms with van der Waals surface area (Å²) < 4.78 is 34.5. The number of aliphatic carboxylic acids is 1. The molecular formula is C31H64NO8P. The summed E-state index contributed by atoms with van der Waals surface area (Å²) in [7, 11) is 1.45. The molecule has 10 heteroatoms. The monoisotopic (exact) mass is 609 g/mol. The number of hydrogen-bond acceptors (Lipinski definition) is 7. The minimum atomic E-state index is -4.42. The Bertz CT molecular complexity index is 644. The Morgan fingerprint density at radius 1 is 0.707 bits per heavy atom. The molecule has 9 nitrogen and oxygen atoms in total. The molecule has 0 aromatic carbocycles. The molecular weight excluding hydrogens is 545 g/mol. The zero-order valence-electron chi connectivity index (χ0n) is 27.0. The Hall–Kier alpha value is -0.540. The fourth-order valence-corrected chi connectivity index (χ4v) is 5.11. The van der Waals surface area contributed by atoms with Gasteiger partial charge in [-0.25, -0.2) is 0 Å². The molecule has 41 heavy (non-hydrogen) atoms. The Balaban J connectivity index is 4.08. The number of quaternary nitrogens is 1. The van der Waals surface area contributed by atoms with E-state index >= 15 is 0 Å². The van der Waals surface area contributed by atoms with E-state index in [2.05, 4.69) is 6.92 Å². The quantitative estimate of drug-likeness (QED) is 0.0487. The highest BCUT2D eigenvalue weighted by atomic mass is 31.2. The predicted molar refractivity (Wildman–Crippen MR) is 164 cm³/mol. The molecule has 246 valence electrons. The summed E-state index contributed by atoms with van der Waals surface area (Å²) in [5.74, 6) is -0.778. The first-order valence-electron chi connectivity index (χ1n) is 16.4. The summed E-state index contributed by atoms with van der Waals surface area (Å²) in [6.45, 7) is 4.02. The van der Waals surface area contributed by atoms with Crippen LogP contribution >= 0.6 is 7.82 Å². The van der Waals surface area contributed by atoms with Gasteiger partial charge in [0, 0.05) is 19.6 Å². The lowest BCUT2D eigenvalue weighted by Gasteiger charge is -2.28. The van der Waals surface area contributed by atoms with Gasteiger partial charge < -0.3 is 33.0 Å². The first-order chi connectivity index (χ1) is 19.6. The van der Waals surface area contributed by atoms with Crippen LogP contribution in [0, 0.1) is 0 Å². The number of likely N-dealkylation sites (N-methyl/N-ethyl adjacent to an activating group) is 1. The molecule has 0 amide bonds. The number of ether oxygens (including phenoxy) is 2. The number of carboxylic acids is 1. The first-order valence-corrected chi connectivity index (χ1v) is 17.8. The van der Waals surface area contributed by atoms with Gasteiger partial charge in [-0.05, 0) is 19.3 Å². The van der Waals surface area contributed by atoms with Crippen LogP contribution in [0.15, 0.2) is 0 Å². The number of phosphoric acid groups is 1. The van der Waals surface area contributed by atoms with Gasteiger partial charge in [0.2, 0.25) is 0 Å². The zero-order valence-corrected chi connectivity index (χ0v) is 27.8.